The number of hydrogen-bond acceptors (Lipinski definition) is 3. The molecule has 3 aromatic carbocycles. The highest BCUT2D eigenvalue weighted by Crippen LogP contribution is 2.40. The van der Waals surface area contributed by atoms with Gasteiger partial charge in [-0.2, -0.15) is 0 Å². The first-order chi connectivity index (χ1) is 31.2. The zero-order valence-electron chi connectivity index (χ0n) is 40.9. The maximum Gasteiger partial charge on any atom is 0.203 e. The average Bonchev–Trinajstić information content (AvgIpc) is 3.31. The van der Waals surface area contributed by atoms with Gasteiger partial charge in [0.1, 0.15) is 0 Å². The maximum absolute atomic E-state index is 6.65. The molecule has 0 aliphatic heterocycles. The maximum atomic E-state index is 6.65. The second-order valence-corrected chi connectivity index (χ2v) is 18.1. The third kappa shape index (κ3) is 26.6. The highest BCUT2D eigenvalue weighted by molar-refractivity contribution is 5.75. The Kier molecular flexibility index (Phi) is 32.0. The van der Waals surface area contributed by atoms with Gasteiger partial charge in [0.05, 0.1) is 19.8 Å². The van der Waals surface area contributed by atoms with Gasteiger partial charge in [-0.3, -0.25) is 0 Å². The van der Waals surface area contributed by atoms with Crippen molar-refractivity contribution in [3.63, 3.8) is 0 Å². The van der Waals surface area contributed by atoms with Crippen molar-refractivity contribution in [2.75, 3.05) is 19.8 Å². The van der Waals surface area contributed by atoms with E-state index in [0.717, 1.165) is 53.2 Å². The van der Waals surface area contributed by atoms with Crippen LogP contribution in [0.5, 0.6) is 17.2 Å². The van der Waals surface area contributed by atoms with Crippen LogP contribution in [0.2, 0.25) is 0 Å². The van der Waals surface area contributed by atoms with Crippen LogP contribution in [0.1, 0.15) is 241 Å². The van der Waals surface area contributed by atoms with E-state index < -0.39 is 0 Å². The Morgan fingerprint density at radius 3 is 0.873 bits per heavy atom. The highest BCUT2D eigenvalue weighted by atomic mass is 16.5. The van der Waals surface area contributed by atoms with Crippen molar-refractivity contribution in [1.82, 2.24) is 0 Å². The molecular formula is C60H92O3. The van der Waals surface area contributed by atoms with Gasteiger partial charge in [-0.15, -0.1) is 0 Å². The second kappa shape index (κ2) is 37.6. The Bertz CT molecular complexity index is 1540. The second-order valence-electron chi connectivity index (χ2n) is 18.1. The van der Waals surface area contributed by atoms with Crippen LogP contribution in [0.25, 0.3) is 30.4 Å². The molecule has 3 aromatic rings. The van der Waals surface area contributed by atoms with E-state index in [1.807, 2.05) is 6.08 Å². The van der Waals surface area contributed by atoms with E-state index in [9.17, 15) is 0 Å². The molecule has 0 bridgehead atoms. The summed E-state index contributed by atoms with van der Waals surface area (Å²) in [6, 6.07) is 21.5. The minimum Gasteiger partial charge on any atom is -0.490 e. The molecule has 3 nitrogen and oxygen atoms in total. The van der Waals surface area contributed by atoms with Gasteiger partial charge < -0.3 is 14.2 Å². The quantitative estimate of drug-likeness (QED) is 0.0420. The van der Waals surface area contributed by atoms with Crippen LogP contribution in [-0.4, -0.2) is 19.8 Å². The minimum atomic E-state index is 0.690. The first kappa shape index (κ1) is 53.6. The molecule has 0 spiro atoms. The molecule has 0 aliphatic carbocycles. The molecule has 0 radical (unpaired) electrons. The fourth-order valence-corrected chi connectivity index (χ4v) is 8.20. The molecule has 0 heterocycles. The van der Waals surface area contributed by atoms with Crippen molar-refractivity contribution in [3.8, 4) is 17.2 Å². The Balaban J connectivity index is 1.68. The topological polar surface area (TPSA) is 27.7 Å². The van der Waals surface area contributed by atoms with E-state index in [4.69, 9.17) is 14.2 Å². The van der Waals surface area contributed by atoms with Crippen LogP contribution in [-0.2, 0) is 0 Å². The van der Waals surface area contributed by atoms with Crippen molar-refractivity contribution in [3.05, 3.63) is 95.1 Å². The molecule has 350 valence electrons. The summed E-state index contributed by atoms with van der Waals surface area (Å²) in [6.45, 7) is 12.8. The van der Waals surface area contributed by atoms with E-state index in [2.05, 4.69) is 112 Å². The predicted octanol–water partition coefficient (Wildman–Crippen LogP) is 19.6. The largest absolute Gasteiger partial charge is 0.490 e. The zero-order chi connectivity index (χ0) is 44.7. The fraction of sp³-hybridized carbons (Fsp3) is 0.600. The van der Waals surface area contributed by atoms with E-state index >= 15 is 0 Å². The molecule has 0 N–H and O–H groups in total. The van der Waals surface area contributed by atoms with Gasteiger partial charge in [-0.05, 0) is 59.2 Å². The fourth-order valence-electron chi connectivity index (χ4n) is 8.20. The van der Waals surface area contributed by atoms with Gasteiger partial charge in [0.2, 0.25) is 5.75 Å². The summed E-state index contributed by atoms with van der Waals surface area (Å²) in [6.07, 6.45) is 49.9. The highest BCUT2D eigenvalue weighted by Gasteiger charge is 2.16. The first-order valence-corrected chi connectivity index (χ1v) is 26.4. The molecule has 0 aromatic heterocycles. The third-order valence-electron chi connectivity index (χ3n) is 12.3. The SMILES string of the molecule is C=Cc1ccc(/C=C/c2ccc(/C=C/c3cc(OCCCCCCCCCCCC)c(OCCCCCCCCCCCC)c(OCCCCCCCCCCCC)c3)cc2)cc1. The van der Waals surface area contributed by atoms with E-state index in [1.165, 1.54) is 184 Å². The molecule has 0 unspecified atom stereocenters. The Hall–Kier alpha value is -3.72. The molecule has 3 heteroatoms. The minimum absolute atomic E-state index is 0.690. The lowest BCUT2D eigenvalue weighted by Gasteiger charge is -2.18. The van der Waals surface area contributed by atoms with Crippen LogP contribution < -0.4 is 14.2 Å². The molecule has 0 saturated heterocycles. The van der Waals surface area contributed by atoms with Gasteiger partial charge in [0.15, 0.2) is 11.5 Å². The van der Waals surface area contributed by atoms with Gasteiger partial charge >= 0.3 is 0 Å². The smallest absolute Gasteiger partial charge is 0.203 e. The first-order valence-electron chi connectivity index (χ1n) is 26.4. The van der Waals surface area contributed by atoms with E-state index in [1.54, 1.807) is 0 Å². The number of benzene rings is 3. The average molecular weight is 861 g/mol. The van der Waals surface area contributed by atoms with Crippen molar-refractivity contribution >= 4 is 30.4 Å². The van der Waals surface area contributed by atoms with Gasteiger partial charge in [-0.25, -0.2) is 0 Å². The zero-order valence-corrected chi connectivity index (χ0v) is 40.9. The summed E-state index contributed by atoms with van der Waals surface area (Å²) < 4.78 is 19.9. The molecule has 3 rings (SSSR count). The van der Waals surface area contributed by atoms with Crippen molar-refractivity contribution < 1.29 is 14.2 Å². The summed E-state index contributed by atoms with van der Waals surface area (Å²) >= 11 is 0. The lowest BCUT2D eigenvalue weighted by molar-refractivity contribution is 0.234. The van der Waals surface area contributed by atoms with E-state index in [0.29, 0.717) is 19.8 Å². The summed E-state index contributed by atoms with van der Waals surface area (Å²) in [5, 5.41) is 0. The third-order valence-corrected chi connectivity index (χ3v) is 12.3. The summed E-state index contributed by atoms with van der Waals surface area (Å²) in [4.78, 5) is 0. The summed E-state index contributed by atoms with van der Waals surface area (Å²) in [7, 11) is 0. The normalized spacial score (nSPS) is 11.5. The van der Waals surface area contributed by atoms with Crippen LogP contribution in [0, 0.1) is 0 Å². The predicted molar refractivity (Wildman–Crippen MR) is 279 cm³/mol. The van der Waals surface area contributed by atoms with Crippen LogP contribution in [0.3, 0.4) is 0 Å². The Morgan fingerprint density at radius 2 is 0.571 bits per heavy atom. The molecule has 0 saturated carbocycles. The van der Waals surface area contributed by atoms with Crippen molar-refractivity contribution in [2.24, 2.45) is 0 Å². The van der Waals surface area contributed by atoms with E-state index in [-0.39, 0.29) is 0 Å². The molecule has 0 fully saturated rings. The number of hydrogen-bond donors (Lipinski definition) is 0. The molecule has 0 aliphatic rings. The van der Waals surface area contributed by atoms with Gasteiger partial charge in [-0.1, -0.05) is 280 Å². The van der Waals surface area contributed by atoms with Crippen molar-refractivity contribution in [2.45, 2.75) is 213 Å². The summed E-state index contributed by atoms with van der Waals surface area (Å²) in [5.74, 6) is 2.43. The van der Waals surface area contributed by atoms with Crippen LogP contribution in [0.15, 0.2) is 67.2 Å². The van der Waals surface area contributed by atoms with Crippen LogP contribution >= 0.6 is 0 Å². The van der Waals surface area contributed by atoms with Gasteiger partial charge in [0, 0.05) is 0 Å². The molecule has 63 heavy (non-hydrogen) atoms. The van der Waals surface area contributed by atoms with Crippen molar-refractivity contribution in [1.29, 1.82) is 0 Å². The number of ether oxygens (including phenoxy) is 3. The number of unbranched alkanes of at least 4 members (excludes halogenated alkanes) is 27. The standard InChI is InChI=1S/C60H92O3/c1-5-9-12-15-18-21-24-27-30-33-48-61-58-51-57(47-46-56-44-42-55(43-45-56)41-40-54-38-36-53(8-4)37-39-54)52-59(62-49-34-31-28-25-22-19-16-13-10-6-2)60(58)63-50-35-32-29-26-23-20-17-14-11-7-3/h8,36-47,51-52H,4-7,9-35,48-50H2,1-3H3/b41-40+,47-46+. The number of rotatable bonds is 41. The molecule has 0 amide bonds. The summed E-state index contributed by atoms with van der Waals surface area (Å²) in [5.41, 5.74) is 5.72. The monoisotopic (exact) mass is 861 g/mol. The Morgan fingerprint density at radius 1 is 0.317 bits per heavy atom. The lowest BCUT2D eigenvalue weighted by Crippen LogP contribution is -2.07. The molecule has 0 atom stereocenters. The van der Waals surface area contributed by atoms with Gasteiger partial charge in [0.25, 0.3) is 0 Å². The lowest BCUT2D eigenvalue weighted by atomic mass is 10.1. The Labute approximate surface area is 388 Å². The molecular weight excluding hydrogens is 769 g/mol. The van der Waals surface area contributed by atoms with Crippen LogP contribution in [0.4, 0.5) is 0 Å².